The molecule has 16 heteroatoms. The fraction of sp³-hybridized carbons (Fsp3) is 0.440. The van der Waals surface area contributed by atoms with Gasteiger partial charge in [-0.25, -0.2) is 13.9 Å². The molecule has 0 bridgehead atoms. The van der Waals surface area contributed by atoms with Gasteiger partial charge in [-0.1, -0.05) is 24.1 Å². The minimum Gasteiger partial charge on any atom is -0.462 e. The number of carbonyl (C=O) groups is 1. The van der Waals surface area contributed by atoms with Crippen molar-refractivity contribution < 1.29 is 37.4 Å². The molecule has 0 amide bonds. The molecule has 14 nitrogen and oxygen atoms in total. The number of carbonyl (C=O) groups excluding carboxylic acids is 1. The zero-order valence-electron chi connectivity index (χ0n) is 22.7. The van der Waals surface area contributed by atoms with Crippen LogP contribution in [-0.2, 0) is 23.4 Å². The number of benzene rings is 1. The van der Waals surface area contributed by atoms with E-state index in [9.17, 15) is 14.5 Å². The molecular formula is C25H31FN7O7P. The fourth-order valence-electron chi connectivity index (χ4n) is 4.10. The molecule has 1 aromatic carbocycles. The molecule has 0 unspecified atom stereocenters. The van der Waals surface area contributed by atoms with Crippen molar-refractivity contribution in [2.24, 2.45) is 0 Å². The highest BCUT2D eigenvalue weighted by molar-refractivity contribution is 7.52. The Hall–Kier alpha value is -3.80. The quantitative estimate of drug-likeness (QED) is 0.145. The highest BCUT2D eigenvalue weighted by Crippen LogP contribution is 2.48. The van der Waals surface area contributed by atoms with Crippen molar-refractivity contribution in [3.8, 4) is 18.1 Å². The Morgan fingerprint density at radius 2 is 2.05 bits per heavy atom. The van der Waals surface area contributed by atoms with Crippen molar-refractivity contribution in [1.29, 1.82) is 0 Å². The second-order valence-electron chi connectivity index (χ2n) is 9.42. The first kappa shape index (κ1) is 30.2. The van der Waals surface area contributed by atoms with Crippen LogP contribution in [-0.4, -0.2) is 74.3 Å². The number of esters is 1. The first-order valence-corrected chi connectivity index (χ1v) is 14.1. The van der Waals surface area contributed by atoms with Crippen LogP contribution in [0.2, 0.25) is 0 Å². The van der Waals surface area contributed by atoms with Gasteiger partial charge in [-0.3, -0.25) is 13.9 Å². The van der Waals surface area contributed by atoms with E-state index in [1.54, 1.807) is 39.1 Å². The number of ether oxygens (including phenoxy) is 2. The smallest absolute Gasteiger partial charge is 0.459 e. The Labute approximate surface area is 235 Å². The number of nitrogens with one attached hydrogen (secondary N) is 2. The lowest BCUT2D eigenvalue weighted by Crippen LogP contribution is -2.42. The number of rotatable bonds is 11. The number of imidazole rings is 1. The van der Waals surface area contributed by atoms with Crippen LogP contribution in [0, 0.1) is 12.3 Å². The first-order chi connectivity index (χ1) is 19.4. The van der Waals surface area contributed by atoms with Crippen LogP contribution in [0.5, 0.6) is 5.75 Å². The van der Waals surface area contributed by atoms with Gasteiger partial charge in [0.2, 0.25) is 11.6 Å². The van der Waals surface area contributed by atoms with Gasteiger partial charge in [0.15, 0.2) is 23.2 Å². The third-order valence-corrected chi connectivity index (χ3v) is 7.67. The molecule has 220 valence electrons. The molecule has 3 aromatic rings. The minimum absolute atomic E-state index is 0.0927. The molecule has 4 rings (SSSR count). The largest absolute Gasteiger partial charge is 0.462 e. The SMILES string of the molecule is C#C[C@@]1(F)[C@H](O)[C@@H](CO[P@](=O)(N[C@H](C)C(=O)OC(C)C)Oc2ccccc2)O[C@H]1n1cnc2c(NC)nc(N)nc21. The predicted octanol–water partition coefficient (Wildman–Crippen LogP) is 2.18. The summed E-state index contributed by atoms with van der Waals surface area (Å²) in [6.45, 7) is 4.08. The Morgan fingerprint density at radius 3 is 2.68 bits per heavy atom. The van der Waals surface area contributed by atoms with E-state index in [1.807, 2.05) is 5.92 Å². The number of hydrogen-bond donors (Lipinski definition) is 4. The van der Waals surface area contributed by atoms with Crippen molar-refractivity contribution in [3.05, 3.63) is 36.7 Å². The molecule has 0 aliphatic carbocycles. The van der Waals surface area contributed by atoms with E-state index >= 15 is 4.39 Å². The molecular weight excluding hydrogens is 560 g/mol. The molecule has 1 aliphatic heterocycles. The summed E-state index contributed by atoms with van der Waals surface area (Å²) in [4.78, 5) is 24.7. The molecule has 0 saturated carbocycles. The van der Waals surface area contributed by atoms with Gasteiger partial charge in [-0.2, -0.15) is 15.1 Å². The summed E-state index contributed by atoms with van der Waals surface area (Å²) in [6, 6.07) is 6.92. The van der Waals surface area contributed by atoms with Crippen LogP contribution in [0.1, 0.15) is 27.0 Å². The number of halogens is 1. The number of hydrogen-bond acceptors (Lipinski definition) is 12. The number of para-hydroxylation sites is 1. The fourth-order valence-corrected chi connectivity index (χ4v) is 5.60. The van der Waals surface area contributed by atoms with Gasteiger partial charge < -0.3 is 30.2 Å². The summed E-state index contributed by atoms with van der Waals surface area (Å²) in [5.74, 6) is 1.57. The topological polar surface area (TPSA) is 185 Å². The van der Waals surface area contributed by atoms with Crippen molar-refractivity contribution >= 4 is 36.6 Å². The van der Waals surface area contributed by atoms with Crippen LogP contribution < -0.4 is 20.7 Å². The van der Waals surface area contributed by atoms with Gasteiger partial charge >= 0.3 is 13.7 Å². The lowest BCUT2D eigenvalue weighted by molar-refractivity contribution is -0.149. The molecule has 6 atom stereocenters. The van der Waals surface area contributed by atoms with Gasteiger partial charge in [0.1, 0.15) is 24.0 Å². The van der Waals surface area contributed by atoms with Crippen LogP contribution in [0.25, 0.3) is 11.2 Å². The number of anilines is 2. The van der Waals surface area contributed by atoms with E-state index in [-0.39, 0.29) is 28.7 Å². The highest BCUT2D eigenvalue weighted by Gasteiger charge is 2.58. The summed E-state index contributed by atoms with van der Waals surface area (Å²) in [5.41, 5.74) is 3.36. The number of alkyl halides is 1. The molecule has 3 heterocycles. The van der Waals surface area contributed by atoms with E-state index in [0.717, 1.165) is 0 Å². The second kappa shape index (κ2) is 12.0. The average molecular weight is 592 g/mol. The van der Waals surface area contributed by atoms with E-state index in [1.165, 1.54) is 30.0 Å². The van der Waals surface area contributed by atoms with Gasteiger partial charge in [0.05, 0.1) is 19.0 Å². The summed E-state index contributed by atoms with van der Waals surface area (Å²) < 4.78 is 53.2. The molecule has 1 aliphatic rings. The third-order valence-electron chi connectivity index (χ3n) is 6.03. The maximum atomic E-state index is 16.1. The Morgan fingerprint density at radius 1 is 1.34 bits per heavy atom. The molecule has 0 radical (unpaired) electrons. The molecule has 1 saturated heterocycles. The number of fused-ring (bicyclic) bond motifs is 1. The number of aliphatic hydroxyl groups excluding tert-OH is 1. The number of terminal acetylenes is 1. The van der Waals surface area contributed by atoms with E-state index in [4.69, 9.17) is 30.7 Å². The minimum atomic E-state index is -4.34. The first-order valence-electron chi connectivity index (χ1n) is 12.6. The zero-order chi connectivity index (χ0) is 29.9. The van der Waals surface area contributed by atoms with Crippen LogP contribution in [0.15, 0.2) is 36.7 Å². The summed E-state index contributed by atoms with van der Waals surface area (Å²) >= 11 is 0. The molecule has 5 N–H and O–H groups in total. The number of nitrogen functional groups attached to an aromatic ring is 1. The van der Waals surface area contributed by atoms with E-state index in [2.05, 4.69) is 25.4 Å². The Bertz CT molecular complexity index is 1480. The number of nitrogens with two attached hydrogens (primary N) is 1. The van der Waals surface area contributed by atoms with E-state index in [0.29, 0.717) is 0 Å². The Balaban J connectivity index is 1.60. The summed E-state index contributed by atoms with van der Waals surface area (Å²) in [6.07, 6.45) is 1.32. The normalized spacial score (nSPS) is 24.5. The lowest BCUT2D eigenvalue weighted by atomic mass is 9.97. The molecule has 1 fully saturated rings. The number of nitrogens with zero attached hydrogens (tertiary/aromatic N) is 4. The molecule has 41 heavy (non-hydrogen) atoms. The van der Waals surface area contributed by atoms with Gasteiger partial charge in [-0.05, 0) is 32.9 Å². The number of aromatic nitrogens is 4. The monoisotopic (exact) mass is 591 g/mol. The van der Waals surface area contributed by atoms with Crippen LogP contribution in [0.3, 0.4) is 0 Å². The third kappa shape index (κ3) is 6.27. The summed E-state index contributed by atoms with van der Waals surface area (Å²) in [7, 11) is -2.75. The second-order valence-corrected chi connectivity index (χ2v) is 11.1. The van der Waals surface area contributed by atoms with Crippen molar-refractivity contribution in [2.75, 3.05) is 24.7 Å². The van der Waals surface area contributed by atoms with Crippen LogP contribution in [0.4, 0.5) is 16.2 Å². The van der Waals surface area contributed by atoms with Crippen molar-refractivity contribution in [1.82, 2.24) is 24.6 Å². The maximum Gasteiger partial charge on any atom is 0.459 e. The molecule has 2 aromatic heterocycles. The Kier molecular flexibility index (Phi) is 8.81. The van der Waals surface area contributed by atoms with Crippen molar-refractivity contribution in [3.63, 3.8) is 0 Å². The zero-order valence-corrected chi connectivity index (χ0v) is 23.6. The molecule has 0 spiro atoms. The van der Waals surface area contributed by atoms with Gasteiger partial charge in [-0.15, -0.1) is 6.42 Å². The van der Waals surface area contributed by atoms with Crippen LogP contribution >= 0.6 is 7.75 Å². The standard InChI is InChI=1S/C25H31FN7O7P/c1-6-25(26)19(34)17(39-23(25)33-13-29-18-20(28-5)30-24(27)31-21(18)33)12-37-41(36,40-16-10-8-7-9-11-16)32-15(4)22(35)38-14(2)3/h1,7-11,13-15,17,19,23,34H,12H2,2-5H3,(H,32,36)(H3,27,28,30,31)/t15-,17-,19-,23-,25-,41-/m1/s1. The highest BCUT2D eigenvalue weighted by atomic mass is 31.2. The predicted molar refractivity (Wildman–Crippen MR) is 146 cm³/mol. The maximum absolute atomic E-state index is 16.1. The summed E-state index contributed by atoms with van der Waals surface area (Å²) in [5, 5.41) is 16.2. The van der Waals surface area contributed by atoms with Gasteiger partial charge in [0.25, 0.3) is 0 Å². The van der Waals surface area contributed by atoms with Gasteiger partial charge in [0, 0.05) is 7.05 Å². The average Bonchev–Trinajstić information content (AvgIpc) is 3.45. The van der Waals surface area contributed by atoms with E-state index < -0.39 is 56.6 Å². The van der Waals surface area contributed by atoms with Crippen molar-refractivity contribution in [2.45, 2.75) is 57.0 Å². The number of aliphatic hydroxyl groups is 1. The lowest BCUT2D eigenvalue weighted by Gasteiger charge is -2.25.